The molecule has 0 radical (unpaired) electrons. The number of aromatic nitrogens is 2. The summed E-state index contributed by atoms with van der Waals surface area (Å²) in [6, 6.07) is 5.97. The van der Waals surface area contributed by atoms with Gasteiger partial charge in [0.15, 0.2) is 0 Å². The molecular weight excluding hydrogens is 414 g/mol. The van der Waals surface area contributed by atoms with E-state index in [9.17, 15) is 8.42 Å². The van der Waals surface area contributed by atoms with Gasteiger partial charge in [-0.25, -0.2) is 18.4 Å². The molecule has 0 N–H and O–H groups in total. The first kappa shape index (κ1) is 20.4. The van der Waals surface area contributed by atoms with Crippen molar-refractivity contribution in [3.05, 3.63) is 47.3 Å². The molecule has 0 spiro atoms. The number of fused-ring (bicyclic) bond motifs is 1. The van der Waals surface area contributed by atoms with E-state index in [1.165, 1.54) is 0 Å². The van der Waals surface area contributed by atoms with Gasteiger partial charge in [-0.1, -0.05) is 0 Å². The molecule has 2 aliphatic heterocycles. The fraction of sp³-hybridized carbons (Fsp3) is 0.500. The average Bonchev–Trinajstić information content (AvgIpc) is 3.55. The third kappa shape index (κ3) is 4.04. The second-order valence-electron chi connectivity index (χ2n) is 8.54. The number of piperazine rings is 1. The van der Waals surface area contributed by atoms with Crippen molar-refractivity contribution in [2.45, 2.75) is 44.6 Å². The molecule has 2 fully saturated rings. The number of pyridine rings is 2. The van der Waals surface area contributed by atoms with Crippen LogP contribution in [0.15, 0.2) is 35.6 Å². The Morgan fingerprint density at radius 2 is 1.87 bits per heavy atom. The van der Waals surface area contributed by atoms with Gasteiger partial charge in [-0.3, -0.25) is 4.99 Å². The number of ether oxygens (including phenoxy) is 1. The van der Waals surface area contributed by atoms with Gasteiger partial charge in [0.2, 0.25) is 15.9 Å². The highest BCUT2D eigenvalue weighted by Gasteiger charge is 2.41. The van der Waals surface area contributed by atoms with Crippen LogP contribution >= 0.6 is 0 Å². The monoisotopic (exact) mass is 441 g/mol. The van der Waals surface area contributed by atoms with E-state index in [4.69, 9.17) is 9.73 Å². The molecule has 2 aromatic heterocycles. The Morgan fingerprint density at radius 3 is 2.58 bits per heavy atom. The average molecular weight is 442 g/mol. The summed E-state index contributed by atoms with van der Waals surface area (Å²) in [6.07, 6.45) is 5.29. The third-order valence-corrected chi connectivity index (χ3v) is 8.27. The molecule has 5 rings (SSSR count). The first-order valence-electron chi connectivity index (χ1n) is 10.8. The number of aliphatic imine (C=N–C) groups is 1. The van der Waals surface area contributed by atoms with Gasteiger partial charge >= 0.3 is 0 Å². The largest absolute Gasteiger partial charge is 0.475 e. The van der Waals surface area contributed by atoms with Gasteiger partial charge in [0, 0.05) is 61.3 Å². The highest BCUT2D eigenvalue weighted by molar-refractivity contribution is 7.90. The summed E-state index contributed by atoms with van der Waals surface area (Å²) in [5.74, 6) is 1.45. The van der Waals surface area contributed by atoms with Crippen LogP contribution in [0.3, 0.4) is 0 Å². The Bertz CT molecular complexity index is 1120. The standard InChI is InChI=1S/C22H27N5O3S/c1-15(2)30-21-12-19-17(13-24-21)14-25-22(19)16-5-6-23-20(11-16)26-7-9-27(10-8-26)31(28,29)18-3-4-18/h5-6,11-13,15,18H,3-4,7-10,14H2,1-2H3. The van der Waals surface area contributed by atoms with E-state index in [1.54, 1.807) is 10.5 Å². The molecule has 3 aliphatic rings. The molecule has 0 aromatic carbocycles. The summed E-state index contributed by atoms with van der Waals surface area (Å²) in [5.41, 5.74) is 4.05. The molecule has 1 aliphatic carbocycles. The summed E-state index contributed by atoms with van der Waals surface area (Å²) in [7, 11) is -3.11. The van der Waals surface area contributed by atoms with Gasteiger partial charge in [-0.05, 0) is 38.8 Å². The molecule has 0 amide bonds. The van der Waals surface area contributed by atoms with Crippen LogP contribution in [0.5, 0.6) is 5.88 Å². The van der Waals surface area contributed by atoms with Crippen LogP contribution < -0.4 is 9.64 Å². The van der Waals surface area contributed by atoms with E-state index in [2.05, 4.69) is 14.9 Å². The van der Waals surface area contributed by atoms with Crippen LogP contribution in [0.2, 0.25) is 0 Å². The van der Waals surface area contributed by atoms with Crippen molar-refractivity contribution in [2.24, 2.45) is 4.99 Å². The fourth-order valence-corrected chi connectivity index (χ4v) is 5.93. The topological polar surface area (TPSA) is 88.0 Å². The maximum Gasteiger partial charge on any atom is 0.217 e. The molecule has 4 heterocycles. The van der Waals surface area contributed by atoms with E-state index in [1.807, 2.05) is 38.2 Å². The maximum absolute atomic E-state index is 12.5. The Morgan fingerprint density at radius 1 is 1.10 bits per heavy atom. The lowest BCUT2D eigenvalue weighted by Crippen LogP contribution is -2.49. The van der Waals surface area contributed by atoms with Gasteiger partial charge in [0.05, 0.1) is 23.6 Å². The normalized spacial score (nSPS) is 19.5. The van der Waals surface area contributed by atoms with Crippen molar-refractivity contribution in [3.63, 3.8) is 0 Å². The molecule has 9 heteroatoms. The lowest BCUT2D eigenvalue weighted by molar-refractivity contribution is 0.232. The fourth-order valence-electron chi connectivity index (χ4n) is 4.10. The first-order valence-corrected chi connectivity index (χ1v) is 12.3. The molecule has 2 aromatic rings. The zero-order chi connectivity index (χ0) is 21.6. The van der Waals surface area contributed by atoms with Crippen LogP contribution in [0.1, 0.15) is 43.4 Å². The molecule has 0 atom stereocenters. The molecule has 31 heavy (non-hydrogen) atoms. The third-order valence-electron chi connectivity index (χ3n) is 5.87. The zero-order valence-corrected chi connectivity index (χ0v) is 18.7. The molecular formula is C22H27N5O3S. The Balaban J connectivity index is 1.33. The minimum atomic E-state index is -3.11. The highest BCUT2D eigenvalue weighted by atomic mass is 32.2. The molecule has 1 saturated carbocycles. The minimum absolute atomic E-state index is 0.0577. The van der Waals surface area contributed by atoms with E-state index in [-0.39, 0.29) is 11.4 Å². The predicted molar refractivity (Wildman–Crippen MR) is 119 cm³/mol. The van der Waals surface area contributed by atoms with Gasteiger partial charge < -0.3 is 9.64 Å². The molecule has 164 valence electrons. The number of anilines is 1. The van der Waals surface area contributed by atoms with Crippen molar-refractivity contribution in [1.82, 2.24) is 14.3 Å². The van der Waals surface area contributed by atoms with E-state index < -0.39 is 10.0 Å². The smallest absolute Gasteiger partial charge is 0.217 e. The molecule has 0 unspecified atom stereocenters. The Hall–Kier alpha value is -2.52. The quantitative estimate of drug-likeness (QED) is 0.683. The van der Waals surface area contributed by atoms with Crippen LogP contribution in [0.4, 0.5) is 5.82 Å². The highest BCUT2D eigenvalue weighted by Crippen LogP contribution is 2.32. The number of sulfonamides is 1. The van der Waals surface area contributed by atoms with Crippen molar-refractivity contribution in [3.8, 4) is 5.88 Å². The van der Waals surface area contributed by atoms with Crippen molar-refractivity contribution in [1.29, 1.82) is 0 Å². The van der Waals surface area contributed by atoms with Crippen molar-refractivity contribution < 1.29 is 13.2 Å². The summed E-state index contributed by atoms with van der Waals surface area (Å²) >= 11 is 0. The summed E-state index contributed by atoms with van der Waals surface area (Å²) in [5, 5.41) is -0.153. The van der Waals surface area contributed by atoms with Crippen LogP contribution in [0, 0.1) is 0 Å². The second-order valence-corrected chi connectivity index (χ2v) is 10.8. The Labute approximate surface area is 183 Å². The number of hydrogen-bond donors (Lipinski definition) is 0. The second kappa shape index (κ2) is 7.87. The number of rotatable bonds is 6. The van der Waals surface area contributed by atoms with Crippen LogP contribution in [-0.2, 0) is 16.6 Å². The van der Waals surface area contributed by atoms with Crippen LogP contribution in [-0.4, -0.2) is 65.9 Å². The summed E-state index contributed by atoms with van der Waals surface area (Å²) in [6.45, 7) is 6.87. The van der Waals surface area contributed by atoms with Gasteiger partial charge in [-0.15, -0.1) is 0 Å². The molecule has 1 saturated heterocycles. The van der Waals surface area contributed by atoms with Gasteiger partial charge in [0.1, 0.15) is 5.82 Å². The lowest BCUT2D eigenvalue weighted by Gasteiger charge is -2.34. The Kier molecular flexibility index (Phi) is 5.18. The van der Waals surface area contributed by atoms with Crippen molar-refractivity contribution >= 4 is 21.6 Å². The SMILES string of the molecule is CC(C)Oc1cc2c(cn1)CN=C2c1ccnc(N2CCN(S(=O)(=O)C3CC3)CC2)c1. The summed E-state index contributed by atoms with van der Waals surface area (Å²) < 4.78 is 32.4. The predicted octanol–water partition coefficient (Wildman–Crippen LogP) is 2.23. The van der Waals surface area contributed by atoms with E-state index in [0.717, 1.165) is 41.1 Å². The molecule has 8 nitrogen and oxygen atoms in total. The first-order chi connectivity index (χ1) is 14.9. The minimum Gasteiger partial charge on any atom is -0.475 e. The van der Waals surface area contributed by atoms with Gasteiger partial charge in [-0.2, -0.15) is 4.31 Å². The van der Waals surface area contributed by atoms with Gasteiger partial charge in [0.25, 0.3) is 0 Å². The van der Waals surface area contributed by atoms with Crippen LogP contribution in [0.25, 0.3) is 0 Å². The lowest BCUT2D eigenvalue weighted by atomic mass is 10.0. The maximum atomic E-state index is 12.5. The van der Waals surface area contributed by atoms with Crippen molar-refractivity contribution in [2.75, 3.05) is 31.1 Å². The van der Waals surface area contributed by atoms with E-state index >= 15 is 0 Å². The summed E-state index contributed by atoms with van der Waals surface area (Å²) in [4.78, 5) is 15.8. The van der Waals surface area contributed by atoms with E-state index in [0.29, 0.717) is 38.6 Å². The molecule has 0 bridgehead atoms. The number of nitrogens with zero attached hydrogens (tertiary/aromatic N) is 5. The zero-order valence-electron chi connectivity index (χ0n) is 17.9. The number of hydrogen-bond acceptors (Lipinski definition) is 7.